The molecule has 0 saturated carbocycles. The summed E-state index contributed by atoms with van der Waals surface area (Å²) in [6, 6.07) is 0. The predicted octanol–water partition coefficient (Wildman–Crippen LogP) is 1.54. The van der Waals surface area contributed by atoms with Gasteiger partial charge in [-0.1, -0.05) is 0 Å². The van der Waals surface area contributed by atoms with Gasteiger partial charge in [0.05, 0.1) is 5.69 Å². The van der Waals surface area contributed by atoms with Gasteiger partial charge in [0.15, 0.2) is 0 Å². The van der Waals surface area contributed by atoms with Crippen LogP contribution in [0.5, 0.6) is 0 Å². The van der Waals surface area contributed by atoms with Crippen molar-refractivity contribution in [1.29, 1.82) is 0 Å². The lowest BCUT2D eigenvalue weighted by molar-refractivity contribution is 0.0834. The number of H-pyrrole nitrogens is 1. The number of nitrogens with one attached hydrogen (secondary N) is 1. The third kappa shape index (κ3) is 2.14. The second-order valence-electron chi connectivity index (χ2n) is 4.97. The van der Waals surface area contributed by atoms with Crippen LogP contribution in [0.3, 0.4) is 0 Å². The lowest BCUT2D eigenvalue weighted by atomic mass is 9.95. The highest BCUT2D eigenvalue weighted by atomic mass is 16.5. The zero-order chi connectivity index (χ0) is 11.7. The number of fused-ring (bicyclic) bond motifs is 1. The molecule has 1 aliphatic heterocycles. The molecule has 0 unspecified atom stereocenters. The van der Waals surface area contributed by atoms with Crippen molar-refractivity contribution in [2.24, 2.45) is 0 Å². The predicted molar refractivity (Wildman–Crippen MR) is 64.3 cm³/mol. The van der Waals surface area contributed by atoms with Gasteiger partial charge in [-0.25, -0.2) is 4.98 Å². The first kappa shape index (κ1) is 11.0. The Morgan fingerprint density at radius 1 is 1.18 bits per heavy atom. The van der Waals surface area contributed by atoms with E-state index >= 15 is 0 Å². The average Bonchev–Trinajstić information content (AvgIpc) is 2.40. The molecule has 0 amide bonds. The van der Waals surface area contributed by atoms with E-state index in [2.05, 4.69) is 9.97 Å². The Morgan fingerprint density at radius 3 is 2.76 bits per heavy atom. The van der Waals surface area contributed by atoms with Gasteiger partial charge in [0, 0.05) is 24.7 Å². The van der Waals surface area contributed by atoms with E-state index in [9.17, 15) is 4.79 Å². The maximum absolute atomic E-state index is 12.0. The van der Waals surface area contributed by atoms with E-state index in [1.165, 1.54) is 0 Å². The molecule has 0 atom stereocenters. The lowest BCUT2D eigenvalue weighted by Crippen LogP contribution is -2.26. The van der Waals surface area contributed by atoms with Gasteiger partial charge >= 0.3 is 0 Å². The number of nitrogens with zero attached hydrogens (tertiary/aromatic N) is 1. The van der Waals surface area contributed by atoms with Crippen LogP contribution in [0.15, 0.2) is 4.79 Å². The van der Waals surface area contributed by atoms with Crippen LogP contribution in [0.4, 0.5) is 0 Å². The molecule has 0 radical (unpaired) electrons. The van der Waals surface area contributed by atoms with Crippen LogP contribution in [0.2, 0.25) is 0 Å². The Kier molecular flexibility index (Phi) is 2.97. The van der Waals surface area contributed by atoms with E-state index in [1.54, 1.807) is 0 Å². The summed E-state index contributed by atoms with van der Waals surface area (Å²) in [4.78, 5) is 19.7. The molecule has 1 aromatic heterocycles. The Labute approximate surface area is 100 Å². The summed E-state index contributed by atoms with van der Waals surface area (Å²) >= 11 is 0. The van der Waals surface area contributed by atoms with Gasteiger partial charge in [0.25, 0.3) is 5.56 Å². The van der Waals surface area contributed by atoms with E-state index in [0.29, 0.717) is 5.92 Å². The fraction of sp³-hybridized carbons (Fsp3) is 0.692. The Balaban J connectivity index is 1.95. The van der Waals surface area contributed by atoms with Gasteiger partial charge < -0.3 is 9.72 Å². The van der Waals surface area contributed by atoms with E-state index in [4.69, 9.17) is 4.74 Å². The fourth-order valence-corrected chi connectivity index (χ4v) is 2.79. The van der Waals surface area contributed by atoms with Gasteiger partial charge in [-0.15, -0.1) is 0 Å². The van der Waals surface area contributed by atoms with Crippen molar-refractivity contribution in [2.45, 2.75) is 44.4 Å². The number of ether oxygens (including phenoxy) is 1. The summed E-state index contributed by atoms with van der Waals surface area (Å²) in [5.41, 5.74) is 2.06. The highest BCUT2D eigenvalue weighted by molar-refractivity contribution is 5.21. The molecule has 2 aliphatic rings. The van der Waals surface area contributed by atoms with E-state index < -0.39 is 0 Å². The summed E-state index contributed by atoms with van der Waals surface area (Å²) in [5.74, 6) is 1.27. The number of hydrogen-bond donors (Lipinski definition) is 1. The van der Waals surface area contributed by atoms with Crippen LogP contribution >= 0.6 is 0 Å². The van der Waals surface area contributed by atoms with Crippen molar-refractivity contribution in [1.82, 2.24) is 9.97 Å². The minimum absolute atomic E-state index is 0.0937. The molecular weight excluding hydrogens is 216 g/mol. The molecule has 92 valence electrons. The first-order valence-corrected chi connectivity index (χ1v) is 6.54. The Bertz CT molecular complexity index is 461. The molecule has 1 saturated heterocycles. The van der Waals surface area contributed by atoms with Crippen LogP contribution in [-0.2, 0) is 17.6 Å². The Morgan fingerprint density at radius 2 is 1.94 bits per heavy atom. The average molecular weight is 234 g/mol. The topological polar surface area (TPSA) is 55.0 Å². The van der Waals surface area contributed by atoms with Crippen molar-refractivity contribution in [3.05, 3.63) is 27.4 Å². The number of rotatable bonds is 1. The molecule has 4 heteroatoms. The Hall–Kier alpha value is -1.16. The number of aromatic nitrogens is 2. The summed E-state index contributed by atoms with van der Waals surface area (Å²) in [6.07, 6.45) is 6.09. The van der Waals surface area contributed by atoms with Crippen molar-refractivity contribution < 1.29 is 4.74 Å². The van der Waals surface area contributed by atoms with Crippen LogP contribution in [0.25, 0.3) is 0 Å². The van der Waals surface area contributed by atoms with Crippen LogP contribution in [0.1, 0.15) is 48.7 Å². The largest absolute Gasteiger partial charge is 0.381 e. The molecule has 1 fully saturated rings. The van der Waals surface area contributed by atoms with Crippen molar-refractivity contribution >= 4 is 0 Å². The number of hydrogen-bond acceptors (Lipinski definition) is 3. The summed E-state index contributed by atoms with van der Waals surface area (Å²) < 4.78 is 5.34. The van der Waals surface area contributed by atoms with E-state index in [-0.39, 0.29) is 5.56 Å². The molecular formula is C13H18N2O2. The fourth-order valence-electron chi connectivity index (χ4n) is 2.79. The van der Waals surface area contributed by atoms with E-state index in [0.717, 1.165) is 68.8 Å². The molecule has 0 bridgehead atoms. The minimum atomic E-state index is 0.0937. The quantitative estimate of drug-likeness (QED) is 0.802. The van der Waals surface area contributed by atoms with Gasteiger partial charge in [-0.2, -0.15) is 0 Å². The second kappa shape index (κ2) is 4.61. The molecule has 4 nitrogen and oxygen atoms in total. The van der Waals surface area contributed by atoms with Gasteiger partial charge in [0.1, 0.15) is 5.82 Å². The molecule has 0 spiro atoms. The number of aromatic amines is 1. The molecule has 2 heterocycles. The first-order valence-electron chi connectivity index (χ1n) is 6.54. The number of aryl methyl sites for hydroxylation is 1. The highest BCUT2D eigenvalue weighted by Crippen LogP contribution is 2.25. The molecule has 0 aromatic carbocycles. The maximum Gasteiger partial charge on any atom is 0.254 e. The van der Waals surface area contributed by atoms with Gasteiger partial charge in [-0.3, -0.25) is 4.79 Å². The van der Waals surface area contributed by atoms with E-state index in [1.807, 2.05) is 0 Å². The van der Waals surface area contributed by atoms with Crippen LogP contribution in [-0.4, -0.2) is 23.2 Å². The third-order valence-corrected chi connectivity index (χ3v) is 3.82. The SMILES string of the molecule is O=c1[nH]c(C2CCOCC2)nc2c1CCCC2. The van der Waals surface area contributed by atoms with Crippen molar-refractivity contribution in [3.63, 3.8) is 0 Å². The molecule has 17 heavy (non-hydrogen) atoms. The minimum Gasteiger partial charge on any atom is -0.381 e. The standard InChI is InChI=1S/C13H18N2O2/c16-13-10-3-1-2-4-11(10)14-12(15-13)9-5-7-17-8-6-9/h9H,1-8H2,(H,14,15,16). The summed E-state index contributed by atoms with van der Waals surface area (Å²) in [5, 5.41) is 0. The third-order valence-electron chi connectivity index (χ3n) is 3.82. The van der Waals surface area contributed by atoms with Crippen LogP contribution in [0, 0.1) is 0 Å². The smallest absolute Gasteiger partial charge is 0.254 e. The van der Waals surface area contributed by atoms with Gasteiger partial charge in [-0.05, 0) is 38.5 Å². The molecule has 1 aromatic rings. The molecule has 1 N–H and O–H groups in total. The molecule has 3 rings (SSSR count). The zero-order valence-corrected chi connectivity index (χ0v) is 10.00. The maximum atomic E-state index is 12.0. The van der Waals surface area contributed by atoms with Crippen molar-refractivity contribution in [3.8, 4) is 0 Å². The normalized spacial score (nSPS) is 21.2. The lowest BCUT2D eigenvalue weighted by Gasteiger charge is -2.23. The monoisotopic (exact) mass is 234 g/mol. The summed E-state index contributed by atoms with van der Waals surface area (Å²) in [7, 11) is 0. The van der Waals surface area contributed by atoms with Gasteiger partial charge in [0.2, 0.25) is 0 Å². The second-order valence-corrected chi connectivity index (χ2v) is 4.97. The molecule has 1 aliphatic carbocycles. The first-order chi connectivity index (χ1) is 8.34. The summed E-state index contributed by atoms with van der Waals surface area (Å²) in [6.45, 7) is 1.57. The highest BCUT2D eigenvalue weighted by Gasteiger charge is 2.21. The van der Waals surface area contributed by atoms with Crippen LogP contribution < -0.4 is 5.56 Å². The zero-order valence-electron chi connectivity index (χ0n) is 10.00. The van der Waals surface area contributed by atoms with Crippen molar-refractivity contribution in [2.75, 3.05) is 13.2 Å².